The van der Waals surface area contributed by atoms with Gasteiger partial charge in [0.25, 0.3) is 0 Å². The van der Waals surface area contributed by atoms with Crippen molar-refractivity contribution in [2.24, 2.45) is 5.73 Å². The van der Waals surface area contributed by atoms with Crippen LogP contribution in [0, 0.1) is 5.41 Å². The monoisotopic (exact) mass is 284 g/mol. The van der Waals surface area contributed by atoms with Crippen LogP contribution in [0.2, 0.25) is 0 Å². The summed E-state index contributed by atoms with van der Waals surface area (Å²) in [6, 6.07) is 15.5. The van der Waals surface area contributed by atoms with Crippen molar-refractivity contribution in [3.8, 4) is 5.75 Å². The molecule has 0 bridgehead atoms. The standard InChI is InChI=1S/C17H20N2O2/c1-20-11-10-13-4-8-16(9-5-13)21-12-14-2-6-15(7-3-14)17(18)19/h2-9H,10-12H2,1H3,(H3,18,19). The zero-order chi connectivity index (χ0) is 15.1. The average Bonchev–Trinajstić information content (AvgIpc) is 2.52. The summed E-state index contributed by atoms with van der Waals surface area (Å²) in [6.07, 6.45) is 0.906. The van der Waals surface area contributed by atoms with Crippen LogP contribution in [-0.2, 0) is 17.8 Å². The van der Waals surface area contributed by atoms with Gasteiger partial charge in [-0.05, 0) is 29.7 Å². The van der Waals surface area contributed by atoms with Crippen LogP contribution in [0.4, 0.5) is 0 Å². The first kappa shape index (κ1) is 15.1. The van der Waals surface area contributed by atoms with Gasteiger partial charge in [-0.25, -0.2) is 0 Å². The smallest absolute Gasteiger partial charge is 0.122 e. The van der Waals surface area contributed by atoms with E-state index in [0.717, 1.165) is 29.9 Å². The van der Waals surface area contributed by atoms with Gasteiger partial charge in [0.1, 0.15) is 18.2 Å². The lowest BCUT2D eigenvalue weighted by Crippen LogP contribution is -2.10. The first-order chi connectivity index (χ1) is 10.2. The second-order valence-corrected chi connectivity index (χ2v) is 4.79. The van der Waals surface area contributed by atoms with Crippen molar-refractivity contribution in [2.75, 3.05) is 13.7 Å². The Morgan fingerprint density at radius 1 is 1.00 bits per heavy atom. The number of methoxy groups -OCH3 is 1. The topological polar surface area (TPSA) is 68.3 Å². The van der Waals surface area contributed by atoms with Gasteiger partial charge in [0, 0.05) is 12.7 Å². The van der Waals surface area contributed by atoms with E-state index >= 15 is 0 Å². The van der Waals surface area contributed by atoms with Gasteiger partial charge in [-0.3, -0.25) is 5.41 Å². The molecule has 0 spiro atoms. The number of nitrogens with two attached hydrogens (primary N) is 1. The first-order valence-corrected chi connectivity index (χ1v) is 6.83. The van der Waals surface area contributed by atoms with Gasteiger partial charge in [0.05, 0.1) is 6.61 Å². The molecule has 0 unspecified atom stereocenters. The maximum absolute atomic E-state index is 7.35. The van der Waals surface area contributed by atoms with E-state index in [0.29, 0.717) is 6.61 Å². The van der Waals surface area contributed by atoms with Crippen LogP contribution >= 0.6 is 0 Å². The fourth-order valence-corrected chi connectivity index (χ4v) is 1.92. The fraction of sp³-hybridized carbons (Fsp3) is 0.235. The maximum atomic E-state index is 7.35. The van der Waals surface area contributed by atoms with Crippen LogP contribution < -0.4 is 10.5 Å². The molecule has 0 heterocycles. The second kappa shape index (κ2) is 7.45. The molecule has 0 saturated carbocycles. The van der Waals surface area contributed by atoms with E-state index in [4.69, 9.17) is 20.6 Å². The van der Waals surface area contributed by atoms with E-state index in [1.165, 1.54) is 5.56 Å². The quantitative estimate of drug-likeness (QED) is 0.607. The van der Waals surface area contributed by atoms with Crippen LogP contribution in [0.3, 0.4) is 0 Å². The molecular weight excluding hydrogens is 264 g/mol. The van der Waals surface area contributed by atoms with Crippen LogP contribution in [-0.4, -0.2) is 19.6 Å². The van der Waals surface area contributed by atoms with Gasteiger partial charge >= 0.3 is 0 Å². The molecule has 0 atom stereocenters. The second-order valence-electron chi connectivity index (χ2n) is 4.79. The third-order valence-corrected chi connectivity index (χ3v) is 3.19. The molecule has 21 heavy (non-hydrogen) atoms. The normalized spacial score (nSPS) is 10.3. The third kappa shape index (κ3) is 4.61. The molecule has 3 N–H and O–H groups in total. The predicted octanol–water partition coefficient (Wildman–Crippen LogP) is 2.74. The first-order valence-electron chi connectivity index (χ1n) is 6.83. The van der Waals surface area contributed by atoms with Gasteiger partial charge in [-0.1, -0.05) is 36.4 Å². The largest absolute Gasteiger partial charge is 0.489 e. The molecule has 0 aliphatic rings. The van der Waals surface area contributed by atoms with Crippen molar-refractivity contribution >= 4 is 5.84 Å². The average molecular weight is 284 g/mol. The van der Waals surface area contributed by atoms with Gasteiger partial charge in [0.2, 0.25) is 0 Å². The van der Waals surface area contributed by atoms with E-state index in [1.807, 2.05) is 48.5 Å². The van der Waals surface area contributed by atoms with Gasteiger partial charge < -0.3 is 15.2 Å². The summed E-state index contributed by atoms with van der Waals surface area (Å²) < 4.78 is 10.8. The number of amidine groups is 1. The van der Waals surface area contributed by atoms with E-state index in [1.54, 1.807) is 7.11 Å². The highest BCUT2D eigenvalue weighted by Crippen LogP contribution is 2.15. The van der Waals surface area contributed by atoms with E-state index < -0.39 is 0 Å². The molecule has 0 fully saturated rings. The molecule has 0 aromatic heterocycles. The Kier molecular flexibility index (Phi) is 5.35. The Bertz CT molecular complexity index is 577. The molecule has 4 nitrogen and oxygen atoms in total. The Morgan fingerprint density at radius 2 is 1.62 bits per heavy atom. The minimum Gasteiger partial charge on any atom is -0.489 e. The van der Waals surface area contributed by atoms with E-state index in [-0.39, 0.29) is 5.84 Å². The Balaban J connectivity index is 1.88. The predicted molar refractivity (Wildman–Crippen MR) is 83.8 cm³/mol. The van der Waals surface area contributed by atoms with E-state index in [9.17, 15) is 0 Å². The Labute approximate surface area is 125 Å². The van der Waals surface area contributed by atoms with Crippen molar-refractivity contribution in [1.82, 2.24) is 0 Å². The van der Waals surface area contributed by atoms with Gasteiger partial charge in [-0.2, -0.15) is 0 Å². The maximum Gasteiger partial charge on any atom is 0.122 e. The lowest BCUT2D eigenvalue weighted by atomic mass is 10.1. The van der Waals surface area contributed by atoms with Crippen molar-refractivity contribution in [3.05, 3.63) is 65.2 Å². The summed E-state index contributed by atoms with van der Waals surface area (Å²) in [7, 11) is 1.70. The summed E-state index contributed by atoms with van der Waals surface area (Å²) in [5.74, 6) is 0.918. The molecule has 4 heteroatoms. The lowest BCUT2D eigenvalue weighted by Gasteiger charge is -2.08. The molecule has 110 valence electrons. The number of hydrogen-bond acceptors (Lipinski definition) is 3. The highest BCUT2D eigenvalue weighted by Gasteiger charge is 1.99. The third-order valence-electron chi connectivity index (χ3n) is 3.19. The van der Waals surface area contributed by atoms with Crippen molar-refractivity contribution in [1.29, 1.82) is 5.41 Å². The lowest BCUT2D eigenvalue weighted by molar-refractivity contribution is 0.202. The fourth-order valence-electron chi connectivity index (χ4n) is 1.92. The van der Waals surface area contributed by atoms with Crippen molar-refractivity contribution < 1.29 is 9.47 Å². The highest BCUT2D eigenvalue weighted by molar-refractivity contribution is 5.94. The number of nitrogen functional groups attached to an aromatic ring is 1. The SMILES string of the molecule is COCCc1ccc(OCc2ccc(C(=N)N)cc2)cc1. The van der Waals surface area contributed by atoms with Crippen LogP contribution in [0.25, 0.3) is 0 Å². The van der Waals surface area contributed by atoms with Gasteiger partial charge in [0.15, 0.2) is 0 Å². The van der Waals surface area contributed by atoms with Crippen LogP contribution in [0.15, 0.2) is 48.5 Å². The molecule has 2 rings (SSSR count). The van der Waals surface area contributed by atoms with E-state index in [2.05, 4.69) is 0 Å². The molecule has 2 aromatic carbocycles. The van der Waals surface area contributed by atoms with Gasteiger partial charge in [-0.15, -0.1) is 0 Å². The van der Waals surface area contributed by atoms with Crippen LogP contribution in [0.1, 0.15) is 16.7 Å². The zero-order valence-electron chi connectivity index (χ0n) is 12.1. The molecule has 0 aliphatic carbocycles. The van der Waals surface area contributed by atoms with Crippen LogP contribution in [0.5, 0.6) is 5.75 Å². The molecular formula is C17H20N2O2. The highest BCUT2D eigenvalue weighted by atomic mass is 16.5. The number of hydrogen-bond donors (Lipinski definition) is 2. The molecule has 0 aliphatic heterocycles. The van der Waals surface area contributed by atoms with Crippen molar-refractivity contribution in [2.45, 2.75) is 13.0 Å². The molecule has 2 aromatic rings. The summed E-state index contributed by atoms with van der Waals surface area (Å²) in [6.45, 7) is 1.22. The summed E-state index contributed by atoms with van der Waals surface area (Å²) in [5, 5.41) is 7.35. The zero-order valence-corrected chi connectivity index (χ0v) is 12.1. The minimum atomic E-state index is 0.0779. The summed E-state index contributed by atoms with van der Waals surface area (Å²) in [5.41, 5.74) is 8.42. The molecule has 0 saturated heterocycles. The molecule has 0 amide bonds. The minimum absolute atomic E-state index is 0.0779. The number of rotatable bonds is 7. The molecule has 0 radical (unpaired) electrons. The summed E-state index contributed by atoms with van der Waals surface area (Å²) in [4.78, 5) is 0. The summed E-state index contributed by atoms with van der Waals surface area (Å²) >= 11 is 0. The Morgan fingerprint density at radius 3 is 2.19 bits per heavy atom. The van der Waals surface area contributed by atoms with Crippen molar-refractivity contribution in [3.63, 3.8) is 0 Å². The number of benzene rings is 2. The number of nitrogens with one attached hydrogen (secondary N) is 1. The Hall–Kier alpha value is -2.33. The number of ether oxygens (including phenoxy) is 2.